The maximum absolute atomic E-state index is 12.1. The molecule has 2 aromatic carbocycles. The van der Waals surface area contributed by atoms with Crippen molar-refractivity contribution in [2.75, 3.05) is 6.61 Å². The van der Waals surface area contributed by atoms with Gasteiger partial charge in [0.25, 0.3) is 15.9 Å². The topological polar surface area (TPSA) is 122 Å². The molecule has 2 aromatic rings. The van der Waals surface area contributed by atoms with Crippen LogP contribution in [0, 0.1) is 0 Å². The van der Waals surface area contributed by atoms with Crippen molar-refractivity contribution < 1.29 is 27.9 Å². The fraction of sp³-hybridized carbons (Fsp3) is 0.176. The van der Waals surface area contributed by atoms with Crippen LogP contribution in [0.4, 0.5) is 0 Å². The number of carbonyl (C=O) groups excluding carboxylic acids is 1. The number of hydrogen-bond acceptors (Lipinski definition) is 5. The van der Waals surface area contributed by atoms with Gasteiger partial charge in [-0.05, 0) is 36.2 Å². The maximum atomic E-state index is 12.1. The van der Waals surface area contributed by atoms with E-state index in [2.05, 4.69) is 0 Å². The van der Waals surface area contributed by atoms with Gasteiger partial charge in [0.15, 0.2) is 6.61 Å². The van der Waals surface area contributed by atoms with Crippen LogP contribution in [0.25, 0.3) is 0 Å². The van der Waals surface area contributed by atoms with Crippen LogP contribution in [0.3, 0.4) is 0 Å². The van der Waals surface area contributed by atoms with Crippen molar-refractivity contribution in [3.63, 3.8) is 0 Å². The van der Waals surface area contributed by atoms with E-state index >= 15 is 0 Å². The molecule has 1 amide bonds. The molecule has 26 heavy (non-hydrogen) atoms. The number of ether oxygens (including phenoxy) is 1. The van der Waals surface area contributed by atoms with E-state index < -0.39 is 21.9 Å². The third kappa shape index (κ3) is 5.04. The van der Waals surface area contributed by atoms with Gasteiger partial charge in [0, 0.05) is 0 Å². The third-order valence-corrected chi connectivity index (χ3v) is 4.67. The Hall–Kier alpha value is -2.91. The minimum atomic E-state index is -4.11. The van der Waals surface area contributed by atoms with Gasteiger partial charge in [-0.1, -0.05) is 31.2 Å². The predicted molar refractivity (Wildman–Crippen MR) is 93.2 cm³/mol. The molecule has 0 saturated carbocycles. The minimum absolute atomic E-state index is 0.182. The van der Waals surface area contributed by atoms with E-state index in [-0.39, 0.29) is 17.1 Å². The SMILES string of the molecule is CCc1ccccc1OCC(=O)NNS(=O)(=O)c1cccc(C(=O)O)c1. The molecule has 9 heteroatoms. The van der Waals surface area contributed by atoms with Crippen LogP contribution in [-0.4, -0.2) is 32.0 Å². The van der Waals surface area contributed by atoms with Crippen molar-refractivity contribution in [2.45, 2.75) is 18.2 Å². The van der Waals surface area contributed by atoms with Gasteiger partial charge in [-0.3, -0.25) is 10.2 Å². The van der Waals surface area contributed by atoms with E-state index in [1.165, 1.54) is 18.2 Å². The van der Waals surface area contributed by atoms with Crippen LogP contribution in [0.15, 0.2) is 53.4 Å². The summed E-state index contributed by atoms with van der Waals surface area (Å²) in [7, 11) is -4.11. The number of hydrogen-bond donors (Lipinski definition) is 3. The molecule has 0 spiro atoms. The molecule has 0 aliphatic heterocycles. The van der Waals surface area contributed by atoms with E-state index in [0.29, 0.717) is 5.75 Å². The molecule has 2 rings (SSSR count). The van der Waals surface area contributed by atoms with Crippen LogP contribution < -0.4 is 15.0 Å². The standard InChI is InChI=1S/C17H18N2O6S/c1-2-12-6-3-4-9-15(12)25-11-16(20)18-19-26(23,24)14-8-5-7-13(10-14)17(21)22/h3-10,19H,2,11H2,1H3,(H,18,20)(H,21,22). The molecule has 0 aliphatic carbocycles. The van der Waals surface area contributed by atoms with Crippen molar-refractivity contribution >= 4 is 21.9 Å². The largest absolute Gasteiger partial charge is 0.483 e. The molecule has 0 saturated heterocycles. The molecule has 3 N–H and O–H groups in total. The van der Waals surface area contributed by atoms with Gasteiger partial charge in [0.1, 0.15) is 5.75 Å². The van der Waals surface area contributed by atoms with Crippen LogP contribution in [0.2, 0.25) is 0 Å². The molecule has 0 aromatic heterocycles. The average Bonchev–Trinajstić information content (AvgIpc) is 2.65. The average molecular weight is 378 g/mol. The Bertz CT molecular complexity index is 911. The molecular formula is C17H18N2O6S. The number of carboxylic acids is 1. The van der Waals surface area contributed by atoms with E-state index in [0.717, 1.165) is 18.1 Å². The van der Waals surface area contributed by atoms with Crippen molar-refractivity contribution in [3.05, 3.63) is 59.7 Å². The zero-order valence-corrected chi connectivity index (χ0v) is 14.7. The number of amides is 1. The lowest BCUT2D eigenvalue weighted by Gasteiger charge is -2.11. The third-order valence-electron chi connectivity index (χ3n) is 3.43. The number of benzene rings is 2. The van der Waals surface area contributed by atoms with Crippen LogP contribution in [0.1, 0.15) is 22.8 Å². The zero-order valence-electron chi connectivity index (χ0n) is 13.9. The Morgan fingerprint density at radius 2 is 1.85 bits per heavy atom. The van der Waals surface area contributed by atoms with E-state index in [9.17, 15) is 18.0 Å². The highest BCUT2D eigenvalue weighted by atomic mass is 32.2. The molecule has 0 fully saturated rings. The fourth-order valence-electron chi connectivity index (χ4n) is 2.10. The van der Waals surface area contributed by atoms with E-state index in [1.54, 1.807) is 12.1 Å². The number of carbonyl (C=O) groups is 2. The lowest BCUT2D eigenvalue weighted by atomic mass is 10.1. The normalized spacial score (nSPS) is 11.0. The van der Waals surface area contributed by atoms with Gasteiger partial charge in [-0.2, -0.15) is 0 Å². The molecule has 0 heterocycles. The Morgan fingerprint density at radius 3 is 2.54 bits per heavy atom. The summed E-state index contributed by atoms with van der Waals surface area (Å²) >= 11 is 0. The van der Waals surface area contributed by atoms with Crippen molar-refractivity contribution in [1.82, 2.24) is 10.3 Å². The Balaban J connectivity index is 1.95. The summed E-state index contributed by atoms with van der Waals surface area (Å²) in [5, 5.41) is 8.91. The van der Waals surface area contributed by atoms with Gasteiger partial charge in [-0.25, -0.2) is 13.2 Å². The highest BCUT2D eigenvalue weighted by molar-refractivity contribution is 7.89. The first kappa shape index (κ1) is 19.4. The molecule has 138 valence electrons. The van der Waals surface area contributed by atoms with Gasteiger partial charge in [0.05, 0.1) is 10.5 Å². The quantitative estimate of drug-likeness (QED) is 0.596. The second-order valence-corrected chi connectivity index (χ2v) is 6.92. The molecule has 0 unspecified atom stereocenters. The summed E-state index contributed by atoms with van der Waals surface area (Å²) in [6.07, 6.45) is 0.727. The second-order valence-electron chi connectivity index (χ2n) is 5.24. The van der Waals surface area contributed by atoms with E-state index in [4.69, 9.17) is 9.84 Å². The first-order valence-electron chi connectivity index (χ1n) is 7.68. The van der Waals surface area contributed by atoms with Crippen LogP contribution in [0.5, 0.6) is 5.75 Å². The number of sulfonamides is 1. The number of hydrazine groups is 1. The van der Waals surface area contributed by atoms with Crippen molar-refractivity contribution in [2.24, 2.45) is 0 Å². The first-order valence-corrected chi connectivity index (χ1v) is 9.16. The predicted octanol–water partition coefficient (Wildman–Crippen LogP) is 1.34. The summed E-state index contributed by atoms with van der Waals surface area (Å²) < 4.78 is 29.6. The Kier molecular flexibility index (Phi) is 6.31. The molecule has 0 radical (unpaired) electrons. The van der Waals surface area contributed by atoms with Gasteiger partial charge in [-0.15, -0.1) is 4.83 Å². The molecule has 0 aliphatic rings. The molecule has 0 atom stereocenters. The van der Waals surface area contributed by atoms with Crippen LogP contribution >= 0.6 is 0 Å². The second kappa shape index (κ2) is 8.45. The first-order chi connectivity index (χ1) is 12.3. The van der Waals surface area contributed by atoms with Gasteiger partial charge < -0.3 is 9.84 Å². The Labute approximate surface area is 150 Å². The van der Waals surface area contributed by atoms with Crippen molar-refractivity contribution in [1.29, 1.82) is 0 Å². The molecule has 0 bridgehead atoms. The monoisotopic (exact) mass is 378 g/mol. The highest BCUT2D eigenvalue weighted by Gasteiger charge is 2.17. The highest BCUT2D eigenvalue weighted by Crippen LogP contribution is 2.18. The number of aryl methyl sites for hydroxylation is 1. The van der Waals surface area contributed by atoms with Gasteiger partial charge in [0.2, 0.25) is 0 Å². The summed E-state index contributed by atoms with van der Waals surface area (Å²) in [6, 6.07) is 12.0. The van der Waals surface area contributed by atoms with E-state index in [1.807, 2.05) is 29.3 Å². The summed E-state index contributed by atoms with van der Waals surface area (Å²) in [6.45, 7) is 1.57. The number of rotatable bonds is 8. The minimum Gasteiger partial charge on any atom is -0.483 e. The van der Waals surface area contributed by atoms with Gasteiger partial charge >= 0.3 is 5.97 Å². The number of carboxylic acid groups (broad SMARTS) is 1. The smallest absolute Gasteiger partial charge is 0.335 e. The Morgan fingerprint density at radius 1 is 1.12 bits per heavy atom. The zero-order chi connectivity index (χ0) is 19.2. The summed E-state index contributed by atoms with van der Waals surface area (Å²) in [5.74, 6) is -1.41. The number of para-hydroxylation sites is 1. The fourth-order valence-corrected chi connectivity index (χ4v) is 3.00. The molecule has 8 nitrogen and oxygen atoms in total. The lowest BCUT2D eigenvalue weighted by Crippen LogP contribution is -2.43. The maximum Gasteiger partial charge on any atom is 0.335 e. The van der Waals surface area contributed by atoms with Crippen LogP contribution in [-0.2, 0) is 21.2 Å². The number of nitrogens with one attached hydrogen (secondary N) is 2. The number of aromatic carboxylic acids is 1. The van der Waals surface area contributed by atoms with Crippen molar-refractivity contribution in [3.8, 4) is 5.75 Å². The lowest BCUT2D eigenvalue weighted by molar-refractivity contribution is -0.123. The molecular weight excluding hydrogens is 360 g/mol. The summed E-state index contributed by atoms with van der Waals surface area (Å²) in [5.41, 5.74) is 2.77. The summed E-state index contributed by atoms with van der Waals surface area (Å²) in [4.78, 5) is 24.4.